The van der Waals surface area contributed by atoms with Crippen LogP contribution in [0.3, 0.4) is 0 Å². The van der Waals surface area contributed by atoms with Crippen molar-refractivity contribution in [1.29, 1.82) is 0 Å². The molecule has 0 aromatic carbocycles. The van der Waals surface area contributed by atoms with Gasteiger partial charge < -0.3 is 14.2 Å². The summed E-state index contributed by atoms with van der Waals surface area (Å²) >= 11 is 0. The summed E-state index contributed by atoms with van der Waals surface area (Å²) in [5.41, 5.74) is -1.08. The molecule has 1 aromatic heterocycles. The van der Waals surface area contributed by atoms with Crippen LogP contribution in [0, 0.1) is 5.92 Å². The van der Waals surface area contributed by atoms with Gasteiger partial charge >= 0.3 is 6.18 Å². The average Bonchev–Trinajstić information content (AvgIpc) is 2.72. The summed E-state index contributed by atoms with van der Waals surface area (Å²) in [7, 11) is 0. The molecular formula is C14H18F3N3O3. The highest BCUT2D eigenvalue weighted by Crippen LogP contribution is 2.48. The second-order valence-electron chi connectivity index (χ2n) is 7.14. The molecule has 0 N–H and O–H groups in total. The molecular weight excluding hydrogens is 315 g/mol. The number of likely N-dealkylation sites (tertiary alicyclic amines) is 1. The van der Waals surface area contributed by atoms with E-state index in [1.54, 1.807) is 4.90 Å². The lowest BCUT2D eigenvalue weighted by molar-refractivity contribution is -0.287. The Labute approximate surface area is 131 Å². The number of carbonyl (C=O) groups is 1. The number of ether oxygens (including phenoxy) is 1. The van der Waals surface area contributed by atoms with Gasteiger partial charge in [0.15, 0.2) is 0 Å². The molecule has 128 valence electrons. The standard InChI is InChI=1S/C14H18F3N3O3/c1-12(2)8(13(3,4)23-12)10(21)20-5-7(6-20)9-18-11(19-22-9)14(15,16)17/h7-8H,5-6H2,1-4H3. The van der Waals surface area contributed by atoms with E-state index in [1.807, 2.05) is 27.7 Å². The molecule has 0 saturated carbocycles. The maximum absolute atomic E-state index is 12.6. The van der Waals surface area contributed by atoms with Crippen molar-refractivity contribution in [2.75, 3.05) is 13.1 Å². The predicted molar refractivity (Wildman–Crippen MR) is 71.4 cm³/mol. The molecule has 2 saturated heterocycles. The smallest absolute Gasteiger partial charge is 0.368 e. The van der Waals surface area contributed by atoms with Crippen LogP contribution in [0.25, 0.3) is 0 Å². The van der Waals surface area contributed by atoms with Gasteiger partial charge in [0, 0.05) is 13.1 Å². The Morgan fingerprint density at radius 3 is 2.22 bits per heavy atom. The highest BCUT2D eigenvalue weighted by Gasteiger charge is 2.60. The monoisotopic (exact) mass is 333 g/mol. The van der Waals surface area contributed by atoms with Crippen molar-refractivity contribution in [2.24, 2.45) is 5.92 Å². The van der Waals surface area contributed by atoms with Crippen LogP contribution >= 0.6 is 0 Å². The first-order valence-electron chi connectivity index (χ1n) is 7.31. The van der Waals surface area contributed by atoms with Gasteiger partial charge in [-0.15, -0.1) is 0 Å². The van der Waals surface area contributed by atoms with Gasteiger partial charge in [-0.25, -0.2) is 0 Å². The quantitative estimate of drug-likeness (QED) is 0.830. The fourth-order valence-electron chi connectivity index (χ4n) is 3.68. The average molecular weight is 333 g/mol. The number of halogens is 3. The van der Waals surface area contributed by atoms with Gasteiger partial charge in [-0.3, -0.25) is 4.79 Å². The molecule has 2 fully saturated rings. The number of alkyl halides is 3. The van der Waals surface area contributed by atoms with Crippen molar-refractivity contribution < 1.29 is 27.2 Å². The molecule has 0 aliphatic carbocycles. The van der Waals surface area contributed by atoms with Crippen molar-refractivity contribution in [2.45, 2.75) is 51.0 Å². The number of amides is 1. The lowest BCUT2D eigenvalue weighted by atomic mass is 9.70. The topological polar surface area (TPSA) is 68.5 Å². The number of nitrogens with zero attached hydrogens (tertiary/aromatic N) is 3. The lowest BCUT2D eigenvalue weighted by Gasteiger charge is -2.58. The van der Waals surface area contributed by atoms with E-state index in [1.165, 1.54) is 0 Å². The van der Waals surface area contributed by atoms with Gasteiger partial charge in [-0.1, -0.05) is 5.16 Å². The molecule has 2 aliphatic rings. The van der Waals surface area contributed by atoms with E-state index in [2.05, 4.69) is 14.7 Å². The van der Waals surface area contributed by atoms with Crippen LogP contribution in [0.5, 0.6) is 0 Å². The van der Waals surface area contributed by atoms with Gasteiger partial charge in [0.1, 0.15) is 0 Å². The minimum Gasteiger partial charge on any atom is -0.368 e. The van der Waals surface area contributed by atoms with Crippen LogP contribution in [-0.4, -0.2) is 45.2 Å². The molecule has 3 heterocycles. The summed E-state index contributed by atoms with van der Waals surface area (Å²) in [6.45, 7) is 7.97. The SMILES string of the molecule is CC1(C)OC(C)(C)C1C(=O)N1CC(c2nc(C(F)(F)F)no2)C1. The van der Waals surface area contributed by atoms with Crippen LogP contribution in [0.4, 0.5) is 13.2 Å². The second-order valence-corrected chi connectivity index (χ2v) is 7.14. The molecule has 23 heavy (non-hydrogen) atoms. The largest absolute Gasteiger partial charge is 0.455 e. The minimum atomic E-state index is -4.63. The number of rotatable bonds is 2. The van der Waals surface area contributed by atoms with Gasteiger partial charge in [-0.05, 0) is 27.7 Å². The number of hydrogen-bond acceptors (Lipinski definition) is 5. The molecule has 0 unspecified atom stereocenters. The third-order valence-electron chi connectivity index (χ3n) is 4.40. The van der Waals surface area contributed by atoms with E-state index in [0.717, 1.165) is 0 Å². The summed E-state index contributed by atoms with van der Waals surface area (Å²) in [5, 5.41) is 2.93. The van der Waals surface area contributed by atoms with Gasteiger partial charge in [0.2, 0.25) is 11.8 Å². The Morgan fingerprint density at radius 1 is 1.22 bits per heavy atom. The maximum atomic E-state index is 12.6. The van der Waals surface area contributed by atoms with Crippen molar-refractivity contribution >= 4 is 5.91 Å². The fraction of sp³-hybridized carbons (Fsp3) is 0.786. The molecule has 3 rings (SSSR count). The van der Waals surface area contributed by atoms with E-state index >= 15 is 0 Å². The fourth-order valence-corrected chi connectivity index (χ4v) is 3.68. The molecule has 0 spiro atoms. The van der Waals surface area contributed by atoms with Gasteiger partial charge in [-0.2, -0.15) is 18.2 Å². The Bertz CT molecular complexity index is 619. The summed E-state index contributed by atoms with van der Waals surface area (Å²) in [4.78, 5) is 17.5. The second kappa shape index (κ2) is 4.68. The Morgan fingerprint density at radius 2 is 1.78 bits per heavy atom. The summed E-state index contributed by atoms with van der Waals surface area (Å²) < 4.78 is 47.7. The van der Waals surface area contributed by atoms with Crippen molar-refractivity contribution in [3.05, 3.63) is 11.7 Å². The number of carbonyl (C=O) groups excluding carboxylic acids is 1. The van der Waals surface area contributed by atoms with Gasteiger partial charge in [0.05, 0.1) is 23.0 Å². The molecule has 0 bridgehead atoms. The Hall–Kier alpha value is -1.64. The third-order valence-corrected chi connectivity index (χ3v) is 4.40. The molecule has 6 nitrogen and oxygen atoms in total. The third kappa shape index (κ3) is 2.60. The van der Waals surface area contributed by atoms with E-state index in [-0.39, 0.29) is 36.7 Å². The normalized spacial score (nSPS) is 24.2. The maximum Gasteiger partial charge on any atom is 0.455 e. The number of aromatic nitrogens is 2. The van der Waals surface area contributed by atoms with E-state index in [9.17, 15) is 18.0 Å². The zero-order valence-corrected chi connectivity index (χ0v) is 13.3. The molecule has 1 aromatic rings. The van der Waals surface area contributed by atoms with Crippen molar-refractivity contribution in [3.63, 3.8) is 0 Å². The van der Waals surface area contributed by atoms with Crippen molar-refractivity contribution in [3.8, 4) is 0 Å². The first-order chi connectivity index (χ1) is 10.4. The molecule has 1 amide bonds. The zero-order chi connectivity index (χ0) is 17.2. The highest BCUT2D eigenvalue weighted by molar-refractivity contribution is 5.83. The van der Waals surface area contributed by atoms with Crippen LogP contribution in [-0.2, 0) is 15.7 Å². The minimum absolute atomic E-state index is 0.0574. The molecule has 2 aliphatic heterocycles. The Kier molecular flexibility index (Phi) is 3.30. The highest BCUT2D eigenvalue weighted by atomic mass is 19.4. The zero-order valence-electron chi connectivity index (χ0n) is 13.3. The van der Waals surface area contributed by atoms with Gasteiger partial charge in [0.25, 0.3) is 5.82 Å². The summed E-state index contributed by atoms with van der Waals surface area (Å²) in [6, 6.07) is 0. The first-order valence-corrected chi connectivity index (χ1v) is 7.31. The lowest BCUT2D eigenvalue weighted by Crippen LogP contribution is -2.69. The van der Waals surface area contributed by atoms with Crippen LogP contribution in [0.15, 0.2) is 4.52 Å². The van der Waals surface area contributed by atoms with E-state index in [4.69, 9.17) is 4.74 Å². The molecule has 0 radical (unpaired) electrons. The van der Waals surface area contributed by atoms with Crippen molar-refractivity contribution in [1.82, 2.24) is 15.0 Å². The van der Waals surface area contributed by atoms with E-state index in [0.29, 0.717) is 0 Å². The summed E-state index contributed by atoms with van der Waals surface area (Å²) in [6.07, 6.45) is -4.63. The Balaban J connectivity index is 1.63. The molecule has 9 heteroatoms. The van der Waals surface area contributed by atoms with E-state index < -0.39 is 23.2 Å². The summed E-state index contributed by atoms with van der Waals surface area (Å²) in [5.74, 6) is -2.06. The van der Waals surface area contributed by atoms with Crippen LogP contribution < -0.4 is 0 Å². The molecule has 0 atom stereocenters. The van der Waals surface area contributed by atoms with Crippen LogP contribution in [0.2, 0.25) is 0 Å². The van der Waals surface area contributed by atoms with Crippen LogP contribution in [0.1, 0.15) is 45.3 Å². The predicted octanol–water partition coefficient (Wildman–Crippen LogP) is 2.22. The number of hydrogen-bond donors (Lipinski definition) is 0. The first kappa shape index (κ1) is 16.2.